The molecule has 0 amide bonds. The molecule has 0 saturated carbocycles. The van der Waals surface area contributed by atoms with Crippen LogP contribution in [-0.2, 0) is 4.74 Å². The minimum absolute atomic E-state index is 0.415. The highest BCUT2D eigenvalue weighted by atomic mass is 32.1. The maximum atomic E-state index is 5.42. The molecule has 0 bridgehead atoms. The summed E-state index contributed by atoms with van der Waals surface area (Å²) in [5.74, 6) is 0.534. The molecule has 1 aliphatic heterocycles. The molecule has 2 atom stereocenters. The molecule has 1 aliphatic rings. The standard InChI is InChI=1S/C12H20N2OS/c1-4-13-8(2)11-9(3)14-12(16-11)10-5-6-15-7-10/h8,10,13H,4-7H2,1-3H3. The van der Waals surface area contributed by atoms with Crippen molar-refractivity contribution in [3.8, 4) is 0 Å². The fraction of sp³-hybridized carbons (Fsp3) is 0.750. The third kappa shape index (κ3) is 2.44. The third-order valence-electron chi connectivity index (χ3n) is 3.03. The number of ether oxygens (including phenoxy) is 1. The van der Waals surface area contributed by atoms with Crippen molar-refractivity contribution in [2.24, 2.45) is 0 Å². The van der Waals surface area contributed by atoms with Crippen LogP contribution in [0, 0.1) is 6.92 Å². The number of rotatable bonds is 4. The third-order valence-corrected chi connectivity index (χ3v) is 4.53. The summed E-state index contributed by atoms with van der Waals surface area (Å²) in [5, 5.41) is 4.70. The second-order valence-electron chi connectivity index (χ2n) is 4.34. The summed E-state index contributed by atoms with van der Waals surface area (Å²) in [6.45, 7) is 9.19. The second kappa shape index (κ2) is 5.25. The highest BCUT2D eigenvalue weighted by Gasteiger charge is 2.23. The first kappa shape index (κ1) is 12.0. The van der Waals surface area contributed by atoms with Gasteiger partial charge >= 0.3 is 0 Å². The molecule has 0 aromatic carbocycles. The molecule has 1 N–H and O–H groups in total. The van der Waals surface area contributed by atoms with Crippen molar-refractivity contribution >= 4 is 11.3 Å². The molecule has 2 unspecified atom stereocenters. The van der Waals surface area contributed by atoms with E-state index < -0.39 is 0 Å². The first-order valence-corrected chi connectivity index (χ1v) is 6.82. The van der Waals surface area contributed by atoms with Gasteiger partial charge in [-0.15, -0.1) is 11.3 Å². The van der Waals surface area contributed by atoms with Crippen LogP contribution >= 0.6 is 11.3 Å². The summed E-state index contributed by atoms with van der Waals surface area (Å²) in [6, 6.07) is 0.415. The van der Waals surface area contributed by atoms with Gasteiger partial charge in [0.15, 0.2) is 0 Å². The average Bonchev–Trinajstić information content (AvgIpc) is 2.86. The molecular formula is C12H20N2OS. The smallest absolute Gasteiger partial charge is 0.0986 e. The van der Waals surface area contributed by atoms with E-state index in [1.165, 1.54) is 15.6 Å². The zero-order valence-electron chi connectivity index (χ0n) is 10.2. The Labute approximate surface area is 101 Å². The van der Waals surface area contributed by atoms with Gasteiger partial charge in [0.2, 0.25) is 0 Å². The largest absolute Gasteiger partial charge is 0.381 e. The Morgan fingerprint density at radius 2 is 2.44 bits per heavy atom. The monoisotopic (exact) mass is 240 g/mol. The van der Waals surface area contributed by atoms with E-state index in [0.29, 0.717) is 12.0 Å². The molecule has 1 aromatic heterocycles. The Morgan fingerprint density at radius 3 is 3.06 bits per heavy atom. The van der Waals surface area contributed by atoms with Crippen LogP contribution < -0.4 is 5.32 Å². The van der Waals surface area contributed by atoms with Crippen molar-refractivity contribution in [1.82, 2.24) is 10.3 Å². The van der Waals surface area contributed by atoms with Crippen LogP contribution in [0.25, 0.3) is 0 Å². The predicted octanol–water partition coefficient (Wildman–Crippen LogP) is 2.63. The number of hydrogen-bond acceptors (Lipinski definition) is 4. The van der Waals surface area contributed by atoms with E-state index in [9.17, 15) is 0 Å². The lowest BCUT2D eigenvalue weighted by Gasteiger charge is -2.10. The van der Waals surface area contributed by atoms with Crippen molar-refractivity contribution in [3.05, 3.63) is 15.6 Å². The maximum Gasteiger partial charge on any atom is 0.0986 e. The molecule has 1 aromatic rings. The van der Waals surface area contributed by atoms with Gasteiger partial charge in [-0.1, -0.05) is 6.92 Å². The zero-order valence-corrected chi connectivity index (χ0v) is 11.1. The van der Waals surface area contributed by atoms with Gasteiger partial charge in [-0.25, -0.2) is 4.98 Å². The first-order valence-electron chi connectivity index (χ1n) is 6.00. The number of nitrogens with zero attached hydrogens (tertiary/aromatic N) is 1. The number of aromatic nitrogens is 1. The van der Waals surface area contributed by atoms with E-state index in [1.807, 2.05) is 11.3 Å². The van der Waals surface area contributed by atoms with Crippen molar-refractivity contribution in [2.75, 3.05) is 19.8 Å². The van der Waals surface area contributed by atoms with Crippen molar-refractivity contribution in [1.29, 1.82) is 0 Å². The Bertz CT molecular complexity index is 345. The molecule has 0 spiro atoms. The lowest BCUT2D eigenvalue weighted by Crippen LogP contribution is -2.17. The Morgan fingerprint density at radius 1 is 1.62 bits per heavy atom. The van der Waals surface area contributed by atoms with Gasteiger partial charge in [-0.3, -0.25) is 0 Å². The summed E-state index contributed by atoms with van der Waals surface area (Å²) < 4.78 is 5.42. The minimum atomic E-state index is 0.415. The van der Waals surface area contributed by atoms with E-state index in [-0.39, 0.29) is 0 Å². The highest BCUT2D eigenvalue weighted by molar-refractivity contribution is 7.11. The van der Waals surface area contributed by atoms with E-state index in [2.05, 4.69) is 26.1 Å². The normalized spacial score (nSPS) is 22.6. The molecule has 2 heterocycles. The Balaban J connectivity index is 2.14. The summed E-state index contributed by atoms with van der Waals surface area (Å²) in [7, 11) is 0. The molecule has 3 nitrogen and oxygen atoms in total. The quantitative estimate of drug-likeness (QED) is 0.878. The molecule has 90 valence electrons. The van der Waals surface area contributed by atoms with Crippen LogP contribution in [0.1, 0.15) is 47.8 Å². The minimum Gasteiger partial charge on any atom is -0.381 e. The lowest BCUT2D eigenvalue weighted by atomic mass is 10.1. The van der Waals surface area contributed by atoms with Gasteiger partial charge in [0, 0.05) is 23.4 Å². The molecule has 16 heavy (non-hydrogen) atoms. The molecule has 0 aliphatic carbocycles. The molecule has 0 radical (unpaired) electrons. The second-order valence-corrected chi connectivity index (χ2v) is 5.40. The van der Waals surface area contributed by atoms with Crippen molar-refractivity contribution in [2.45, 2.75) is 39.2 Å². The summed E-state index contributed by atoms with van der Waals surface area (Å²) in [5.41, 5.74) is 1.18. The maximum absolute atomic E-state index is 5.42. The number of thiazole rings is 1. The van der Waals surface area contributed by atoms with Gasteiger partial charge in [0.1, 0.15) is 0 Å². The lowest BCUT2D eigenvalue weighted by molar-refractivity contribution is 0.194. The summed E-state index contributed by atoms with van der Waals surface area (Å²) in [4.78, 5) is 6.07. The number of nitrogens with one attached hydrogen (secondary N) is 1. The van der Waals surface area contributed by atoms with Crippen LogP contribution in [0.5, 0.6) is 0 Å². The molecule has 1 fully saturated rings. The predicted molar refractivity (Wildman–Crippen MR) is 67.1 cm³/mol. The Kier molecular flexibility index (Phi) is 3.95. The fourth-order valence-corrected chi connectivity index (χ4v) is 3.35. The zero-order chi connectivity index (χ0) is 11.5. The van der Waals surface area contributed by atoms with Gasteiger partial charge in [-0.05, 0) is 26.8 Å². The van der Waals surface area contributed by atoms with Crippen LogP contribution in [0.3, 0.4) is 0 Å². The van der Waals surface area contributed by atoms with Gasteiger partial charge in [0.05, 0.1) is 17.3 Å². The average molecular weight is 240 g/mol. The van der Waals surface area contributed by atoms with E-state index in [0.717, 1.165) is 26.2 Å². The molecule has 4 heteroatoms. The van der Waals surface area contributed by atoms with Gasteiger partial charge in [0.25, 0.3) is 0 Å². The molecule has 1 saturated heterocycles. The van der Waals surface area contributed by atoms with Gasteiger partial charge < -0.3 is 10.1 Å². The summed E-state index contributed by atoms with van der Waals surface area (Å²) in [6.07, 6.45) is 1.13. The van der Waals surface area contributed by atoms with Crippen LogP contribution in [-0.4, -0.2) is 24.7 Å². The fourth-order valence-electron chi connectivity index (χ4n) is 2.13. The van der Waals surface area contributed by atoms with Crippen molar-refractivity contribution in [3.63, 3.8) is 0 Å². The van der Waals surface area contributed by atoms with Crippen molar-refractivity contribution < 1.29 is 4.74 Å². The topological polar surface area (TPSA) is 34.1 Å². The van der Waals surface area contributed by atoms with E-state index >= 15 is 0 Å². The highest BCUT2D eigenvalue weighted by Crippen LogP contribution is 2.33. The van der Waals surface area contributed by atoms with Crippen LogP contribution in [0.2, 0.25) is 0 Å². The SMILES string of the molecule is CCNC(C)c1sc(C2CCOC2)nc1C. The molecule has 2 rings (SSSR count). The van der Waals surface area contributed by atoms with Crippen LogP contribution in [0.4, 0.5) is 0 Å². The first-order chi connectivity index (χ1) is 7.72. The van der Waals surface area contributed by atoms with Crippen LogP contribution in [0.15, 0.2) is 0 Å². The van der Waals surface area contributed by atoms with E-state index in [1.54, 1.807) is 0 Å². The van der Waals surface area contributed by atoms with E-state index in [4.69, 9.17) is 9.72 Å². The molecular weight excluding hydrogens is 220 g/mol. The number of hydrogen-bond donors (Lipinski definition) is 1. The Hall–Kier alpha value is -0.450. The van der Waals surface area contributed by atoms with Gasteiger partial charge in [-0.2, -0.15) is 0 Å². The summed E-state index contributed by atoms with van der Waals surface area (Å²) >= 11 is 1.85. The number of aryl methyl sites for hydroxylation is 1.